The molecule has 3 aromatic carbocycles. The van der Waals surface area contributed by atoms with Crippen molar-refractivity contribution in [1.29, 1.82) is 0 Å². The molecule has 3 rings (SSSR count). The molecule has 0 atom stereocenters. The van der Waals surface area contributed by atoms with Gasteiger partial charge in [0.05, 0.1) is 15.5 Å². The smallest absolute Gasteiger partial charge is 0.296 e. The molecule has 1 amide bonds. The molecule has 3 aromatic rings. The van der Waals surface area contributed by atoms with E-state index in [1.165, 1.54) is 19.1 Å². The van der Waals surface area contributed by atoms with Gasteiger partial charge >= 0.3 is 0 Å². The number of nitrogens with two attached hydrogens (primary N) is 2. The third-order valence-corrected chi connectivity index (χ3v) is 6.77. The largest absolute Gasteiger partial charge is 0.507 e. The monoisotopic (exact) mass is 549 g/mol. The average molecular weight is 550 g/mol. The van der Waals surface area contributed by atoms with E-state index in [1.54, 1.807) is 0 Å². The van der Waals surface area contributed by atoms with Crippen molar-refractivity contribution in [2.75, 3.05) is 16.8 Å². The summed E-state index contributed by atoms with van der Waals surface area (Å²) in [6.07, 6.45) is 0. The number of aromatic hydroxyl groups is 1. The van der Waals surface area contributed by atoms with Gasteiger partial charge in [-0.25, -0.2) is 0 Å². The van der Waals surface area contributed by atoms with Gasteiger partial charge in [-0.15, -0.1) is 0 Å². The Hall–Kier alpha value is -3.48. The van der Waals surface area contributed by atoms with Crippen molar-refractivity contribution in [3.8, 4) is 5.75 Å². The number of nitrogens with one attached hydrogen (secondary N) is 1. The molecule has 35 heavy (non-hydrogen) atoms. The SMILES string of the molecule is CC(=O)Nc1cc(N)ccc1S(=O)(=O)O.Nc1cc(S(=O)(=O)O)cc2cc(S(=O)(=O)O)cc(O)c12. The average Bonchev–Trinajstić information content (AvgIpc) is 2.65. The summed E-state index contributed by atoms with van der Waals surface area (Å²) in [7, 11) is -13.5. The number of phenolic OH excluding ortho intramolecular Hbond substituents is 1. The molecule has 0 heterocycles. The van der Waals surface area contributed by atoms with Gasteiger partial charge < -0.3 is 21.9 Å². The van der Waals surface area contributed by atoms with E-state index in [0.717, 1.165) is 30.3 Å². The molecule has 0 aliphatic carbocycles. The van der Waals surface area contributed by atoms with Crippen LogP contribution in [-0.2, 0) is 35.1 Å². The van der Waals surface area contributed by atoms with E-state index in [2.05, 4.69) is 5.32 Å². The Morgan fingerprint density at radius 2 is 1.31 bits per heavy atom. The quantitative estimate of drug-likeness (QED) is 0.178. The highest BCUT2D eigenvalue weighted by Crippen LogP contribution is 2.35. The van der Waals surface area contributed by atoms with Crippen LogP contribution in [0.5, 0.6) is 5.75 Å². The van der Waals surface area contributed by atoms with E-state index in [9.17, 15) is 35.2 Å². The number of phenols is 1. The van der Waals surface area contributed by atoms with E-state index in [-0.39, 0.29) is 32.7 Å². The topological polar surface area (TPSA) is 264 Å². The lowest BCUT2D eigenvalue weighted by Crippen LogP contribution is -2.11. The van der Waals surface area contributed by atoms with Gasteiger partial charge in [-0.1, -0.05) is 0 Å². The predicted molar refractivity (Wildman–Crippen MR) is 125 cm³/mol. The standard InChI is InChI=1S/C10H9NO7S2.C8H10N2O4S/c11-8-3-6(19(13,14)15)1-5-2-7(20(16,17)18)4-9(12)10(5)8;1-5(11)10-7-4-6(9)2-3-8(7)15(12,13)14/h1-4,12H,11H2,(H,13,14,15)(H,16,17,18);2-4H,9H2,1H3,(H,10,11)(H,12,13,14). The zero-order valence-corrected chi connectivity index (χ0v) is 20.0. The van der Waals surface area contributed by atoms with E-state index in [0.29, 0.717) is 0 Å². The Morgan fingerprint density at radius 1 is 0.800 bits per heavy atom. The number of hydrogen-bond acceptors (Lipinski definition) is 10. The van der Waals surface area contributed by atoms with Gasteiger partial charge in [0.1, 0.15) is 10.6 Å². The molecule has 0 spiro atoms. The number of carbonyl (C=O) groups excluding carboxylic acids is 1. The van der Waals surface area contributed by atoms with Crippen LogP contribution < -0.4 is 16.8 Å². The second-order valence-electron chi connectivity index (χ2n) is 6.91. The lowest BCUT2D eigenvalue weighted by molar-refractivity contribution is -0.114. The highest BCUT2D eigenvalue weighted by atomic mass is 32.2. The van der Waals surface area contributed by atoms with Gasteiger partial charge in [0.15, 0.2) is 0 Å². The highest BCUT2D eigenvalue weighted by Gasteiger charge is 2.19. The Balaban J connectivity index is 0.000000258. The first-order valence-electron chi connectivity index (χ1n) is 8.96. The van der Waals surface area contributed by atoms with Gasteiger partial charge in [0.25, 0.3) is 30.4 Å². The molecule has 0 aliphatic rings. The van der Waals surface area contributed by atoms with Gasteiger partial charge in [-0.3, -0.25) is 18.5 Å². The van der Waals surface area contributed by atoms with Crippen LogP contribution in [-0.4, -0.2) is 49.9 Å². The number of benzene rings is 3. The van der Waals surface area contributed by atoms with E-state index < -0.39 is 51.8 Å². The maximum atomic E-state index is 11.1. The number of carbonyl (C=O) groups is 1. The Morgan fingerprint density at radius 3 is 1.77 bits per heavy atom. The third kappa shape index (κ3) is 7.01. The van der Waals surface area contributed by atoms with E-state index in [1.807, 2.05) is 0 Å². The van der Waals surface area contributed by atoms with Crippen LogP contribution in [0.25, 0.3) is 10.8 Å². The Kier molecular flexibility index (Phi) is 7.65. The number of hydrogen-bond donors (Lipinski definition) is 7. The predicted octanol–water partition coefficient (Wildman–Crippen LogP) is 1.09. The molecule has 0 radical (unpaired) electrons. The maximum Gasteiger partial charge on any atom is 0.296 e. The summed E-state index contributed by atoms with van der Waals surface area (Å²) < 4.78 is 92.8. The van der Waals surface area contributed by atoms with Crippen molar-refractivity contribution < 1.29 is 48.8 Å². The molecule has 0 bridgehead atoms. The van der Waals surface area contributed by atoms with Crippen molar-refractivity contribution in [1.82, 2.24) is 0 Å². The molecule has 190 valence electrons. The fourth-order valence-corrected chi connectivity index (χ4v) is 4.54. The van der Waals surface area contributed by atoms with Crippen LogP contribution >= 0.6 is 0 Å². The highest BCUT2D eigenvalue weighted by molar-refractivity contribution is 7.86. The van der Waals surface area contributed by atoms with Crippen LogP contribution in [0.2, 0.25) is 0 Å². The summed E-state index contributed by atoms with van der Waals surface area (Å²) in [6.45, 7) is 1.22. The van der Waals surface area contributed by atoms with Crippen molar-refractivity contribution in [2.45, 2.75) is 21.6 Å². The van der Waals surface area contributed by atoms with Gasteiger partial charge in [0, 0.05) is 29.8 Å². The summed E-state index contributed by atoms with van der Waals surface area (Å²) in [6, 6.07) is 7.24. The van der Waals surface area contributed by atoms with Crippen LogP contribution in [0.1, 0.15) is 6.92 Å². The number of nitrogen functional groups attached to an aromatic ring is 2. The molecular formula is C18H19N3O11S3. The molecule has 0 fully saturated rings. The number of amides is 1. The molecule has 0 unspecified atom stereocenters. The lowest BCUT2D eigenvalue weighted by atomic mass is 10.1. The number of fused-ring (bicyclic) bond motifs is 1. The van der Waals surface area contributed by atoms with Crippen molar-refractivity contribution >= 4 is 64.1 Å². The Labute approximate surface area is 199 Å². The first-order valence-corrected chi connectivity index (χ1v) is 13.3. The molecule has 9 N–H and O–H groups in total. The fourth-order valence-electron chi connectivity index (χ4n) is 2.83. The van der Waals surface area contributed by atoms with Crippen LogP contribution in [0.3, 0.4) is 0 Å². The molecule has 0 aliphatic heterocycles. The summed E-state index contributed by atoms with van der Waals surface area (Å²) in [4.78, 5) is 9.20. The second-order valence-corrected chi connectivity index (χ2v) is 11.1. The number of rotatable bonds is 4. The van der Waals surface area contributed by atoms with Crippen LogP contribution in [0.15, 0.2) is 57.2 Å². The zero-order valence-electron chi connectivity index (χ0n) is 17.6. The van der Waals surface area contributed by atoms with E-state index >= 15 is 0 Å². The first-order chi connectivity index (χ1) is 15.8. The summed E-state index contributed by atoms with van der Waals surface area (Å²) >= 11 is 0. The van der Waals surface area contributed by atoms with Crippen LogP contribution in [0, 0.1) is 0 Å². The lowest BCUT2D eigenvalue weighted by Gasteiger charge is -2.08. The van der Waals surface area contributed by atoms with E-state index in [4.69, 9.17) is 25.1 Å². The van der Waals surface area contributed by atoms with Crippen molar-refractivity contribution in [2.24, 2.45) is 0 Å². The minimum Gasteiger partial charge on any atom is -0.507 e. The van der Waals surface area contributed by atoms with Crippen LogP contribution in [0.4, 0.5) is 17.1 Å². The zero-order chi connectivity index (χ0) is 26.9. The fraction of sp³-hybridized carbons (Fsp3) is 0.0556. The van der Waals surface area contributed by atoms with Gasteiger partial charge in [0.2, 0.25) is 5.91 Å². The minimum atomic E-state index is -4.59. The molecule has 0 aromatic heterocycles. The Bertz CT molecular complexity index is 1580. The molecule has 14 nitrogen and oxygen atoms in total. The van der Waals surface area contributed by atoms with Crippen molar-refractivity contribution in [3.05, 3.63) is 42.5 Å². The molecule has 0 saturated heterocycles. The normalized spacial score (nSPS) is 12.0. The molecular weight excluding hydrogens is 530 g/mol. The maximum absolute atomic E-state index is 11.1. The van der Waals surface area contributed by atoms with Crippen molar-refractivity contribution in [3.63, 3.8) is 0 Å². The summed E-state index contributed by atoms with van der Waals surface area (Å²) in [5.74, 6) is -1.000. The summed E-state index contributed by atoms with van der Waals surface area (Å²) in [5.41, 5.74) is 11.1. The third-order valence-electron chi connectivity index (χ3n) is 4.19. The van der Waals surface area contributed by atoms with Gasteiger partial charge in [-0.2, -0.15) is 25.3 Å². The molecule has 0 saturated carbocycles. The minimum absolute atomic E-state index is 0.00444. The molecule has 17 heteroatoms. The number of anilines is 3. The summed E-state index contributed by atoms with van der Waals surface area (Å²) in [5, 5.41) is 11.9. The first kappa shape index (κ1) is 27.8. The van der Waals surface area contributed by atoms with Gasteiger partial charge in [-0.05, 0) is 41.8 Å². The second kappa shape index (κ2) is 9.64.